The predicted molar refractivity (Wildman–Crippen MR) is 94.2 cm³/mol. The van der Waals surface area contributed by atoms with Crippen LogP contribution >= 0.6 is 11.3 Å². The molecule has 0 unspecified atom stereocenters. The van der Waals surface area contributed by atoms with Gasteiger partial charge in [0.05, 0.1) is 16.8 Å². The topological polar surface area (TPSA) is 70.2 Å². The van der Waals surface area contributed by atoms with Crippen LogP contribution in [0, 0.1) is 0 Å². The van der Waals surface area contributed by atoms with Crippen molar-refractivity contribution in [2.75, 3.05) is 18.4 Å². The third kappa shape index (κ3) is 4.91. The van der Waals surface area contributed by atoms with Crippen molar-refractivity contribution in [2.45, 2.75) is 19.9 Å². The van der Waals surface area contributed by atoms with Crippen molar-refractivity contribution in [1.29, 1.82) is 0 Å². The predicted octanol–water partition coefficient (Wildman–Crippen LogP) is 2.73. The molecule has 122 valence electrons. The lowest BCUT2D eigenvalue weighted by atomic mass is 10.1. The molecule has 1 heterocycles. The fourth-order valence-corrected chi connectivity index (χ4v) is 2.78. The largest absolute Gasteiger partial charge is 0.350 e. The molecule has 1 aromatic heterocycles. The Morgan fingerprint density at radius 1 is 1.17 bits per heavy atom. The van der Waals surface area contributed by atoms with Crippen LogP contribution in [0.2, 0.25) is 0 Å². The molecule has 0 saturated carbocycles. The molecule has 2 aromatic rings. The molecule has 0 fully saturated rings. The molecule has 1 aromatic carbocycles. The molecule has 6 heteroatoms. The van der Waals surface area contributed by atoms with Gasteiger partial charge in [-0.2, -0.15) is 11.3 Å². The Balaban J connectivity index is 2.05. The van der Waals surface area contributed by atoms with Gasteiger partial charge in [-0.15, -0.1) is 0 Å². The lowest BCUT2D eigenvalue weighted by Gasteiger charge is -2.15. The zero-order valence-corrected chi connectivity index (χ0v) is 14.1. The highest BCUT2D eigenvalue weighted by atomic mass is 32.1. The minimum Gasteiger partial charge on any atom is -0.350 e. The quantitative estimate of drug-likeness (QED) is 0.730. The van der Waals surface area contributed by atoms with E-state index in [9.17, 15) is 9.59 Å². The lowest BCUT2D eigenvalue weighted by Crippen LogP contribution is -2.39. The normalized spacial score (nSPS) is 11.7. The fourth-order valence-electron chi connectivity index (χ4n) is 2.14. The van der Waals surface area contributed by atoms with Gasteiger partial charge in [0.2, 0.25) is 0 Å². The number of carbonyl (C=O) groups is 2. The number of amides is 2. The number of para-hydroxylation sites is 1. The third-order valence-electron chi connectivity index (χ3n) is 3.32. The number of hydrogen-bond acceptors (Lipinski definition) is 4. The lowest BCUT2D eigenvalue weighted by molar-refractivity contribution is 0.0951. The molecule has 3 N–H and O–H groups in total. The minimum atomic E-state index is -0.215. The number of thiophene rings is 1. The molecule has 0 aliphatic heterocycles. The molecule has 0 radical (unpaired) electrons. The zero-order valence-electron chi connectivity index (χ0n) is 13.3. The third-order valence-corrected chi connectivity index (χ3v) is 4.01. The minimum absolute atomic E-state index is 0.191. The molecule has 1 atom stereocenters. The summed E-state index contributed by atoms with van der Waals surface area (Å²) in [5, 5.41) is 12.5. The SMILES string of the molecule is CCN[C@H](C)CNC(=O)c1ccccc1NC(=O)c1ccsc1. The Hall–Kier alpha value is -2.18. The summed E-state index contributed by atoms with van der Waals surface area (Å²) in [4.78, 5) is 24.5. The van der Waals surface area contributed by atoms with E-state index in [0.29, 0.717) is 23.4 Å². The van der Waals surface area contributed by atoms with E-state index in [1.165, 1.54) is 11.3 Å². The van der Waals surface area contributed by atoms with E-state index in [1.54, 1.807) is 35.7 Å². The van der Waals surface area contributed by atoms with Crippen molar-refractivity contribution in [3.05, 3.63) is 52.2 Å². The first-order valence-electron chi connectivity index (χ1n) is 7.56. The van der Waals surface area contributed by atoms with Gasteiger partial charge in [-0.25, -0.2) is 0 Å². The fraction of sp³-hybridized carbons (Fsp3) is 0.294. The summed E-state index contributed by atoms with van der Waals surface area (Å²) in [6, 6.07) is 8.95. The first-order chi connectivity index (χ1) is 11.1. The number of anilines is 1. The van der Waals surface area contributed by atoms with Crippen molar-refractivity contribution in [3.8, 4) is 0 Å². The number of hydrogen-bond donors (Lipinski definition) is 3. The van der Waals surface area contributed by atoms with E-state index >= 15 is 0 Å². The molecule has 5 nitrogen and oxygen atoms in total. The van der Waals surface area contributed by atoms with Gasteiger partial charge in [0, 0.05) is 18.0 Å². The van der Waals surface area contributed by atoms with Crippen LogP contribution in [0.15, 0.2) is 41.1 Å². The molecule has 0 aliphatic carbocycles. The summed E-state index contributed by atoms with van der Waals surface area (Å²) in [5.41, 5.74) is 1.56. The number of carbonyl (C=O) groups excluding carboxylic acids is 2. The molecule has 2 amide bonds. The van der Waals surface area contributed by atoms with E-state index in [2.05, 4.69) is 16.0 Å². The Morgan fingerprint density at radius 3 is 2.65 bits per heavy atom. The van der Waals surface area contributed by atoms with Crippen molar-refractivity contribution in [1.82, 2.24) is 10.6 Å². The molecular weight excluding hydrogens is 310 g/mol. The monoisotopic (exact) mass is 331 g/mol. The van der Waals surface area contributed by atoms with Gasteiger partial charge in [0.25, 0.3) is 11.8 Å². The Kier molecular flexibility index (Phi) is 6.31. The van der Waals surface area contributed by atoms with Crippen molar-refractivity contribution >= 4 is 28.8 Å². The maximum absolute atomic E-state index is 12.4. The highest BCUT2D eigenvalue weighted by Gasteiger charge is 2.14. The summed E-state index contributed by atoms with van der Waals surface area (Å²) < 4.78 is 0. The second-order valence-electron chi connectivity index (χ2n) is 5.18. The second-order valence-corrected chi connectivity index (χ2v) is 5.96. The number of benzene rings is 1. The molecule has 0 bridgehead atoms. The smallest absolute Gasteiger partial charge is 0.256 e. The Labute approximate surface area is 140 Å². The summed E-state index contributed by atoms with van der Waals surface area (Å²) in [5.74, 6) is -0.413. The average Bonchev–Trinajstić information content (AvgIpc) is 3.08. The van der Waals surface area contributed by atoms with Gasteiger partial charge in [0.15, 0.2) is 0 Å². The van der Waals surface area contributed by atoms with Gasteiger partial charge in [-0.05, 0) is 37.0 Å². The highest BCUT2D eigenvalue weighted by molar-refractivity contribution is 7.08. The maximum atomic E-state index is 12.4. The van der Waals surface area contributed by atoms with Gasteiger partial charge < -0.3 is 16.0 Å². The van der Waals surface area contributed by atoms with Crippen LogP contribution in [0.25, 0.3) is 0 Å². The van der Waals surface area contributed by atoms with Gasteiger partial charge in [-0.3, -0.25) is 9.59 Å². The average molecular weight is 331 g/mol. The molecular formula is C17H21N3O2S. The highest BCUT2D eigenvalue weighted by Crippen LogP contribution is 2.17. The standard InChI is InChI=1S/C17H21N3O2S/c1-3-18-12(2)10-19-17(22)14-6-4-5-7-15(14)20-16(21)13-8-9-23-11-13/h4-9,11-12,18H,3,10H2,1-2H3,(H,19,22)(H,20,21)/t12-/m1/s1. The zero-order chi connectivity index (χ0) is 16.7. The molecule has 0 saturated heterocycles. The summed E-state index contributed by atoms with van der Waals surface area (Å²) in [6.45, 7) is 5.41. The van der Waals surface area contributed by atoms with Crippen LogP contribution in [0.5, 0.6) is 0 Å². The van der Waals surface area contributed by atoms with Gasteiger partial charge in [0.1, 0.15) is 0 Å². The first-order valence-corrected chi connectivity index (χ1v) is 8.50. The molecule has 23 heavy (non-hydrogen) atoms. The van der Waals surface area contributed by atoms with E-state index in [4.69, 9.17) is 0 Å². The Morgan fingerprint density at radius 2 is 1.96 bits per heavy atom. The van der Waals surface area contributed by atoms with Crippen molar-refractivity contribution < 1.29 is 9.59 Å². The van der Waals surface area contributed by atoms with Crippen LogP contribution < -0.4 is 16.0 Å². The van der Waals surface area contributed by atoms with Crippen LogP contribution in [-0.2, 0) is 0 Å². The van der Waals surface area contributed by atoms with Crippen LogP contribution in [0.1, 0.15) is 34.6 Å². The maximum Gasteiger partial charge on any atom is 0.256 e. The van der Waals surface area contributed by atoms with E-state index in [1.807, 2.05) is 19.2 Å². The van der Waals surface area contributed by atoms with E-state index in [-0.39, 0.29) is 17.9 Å². The van der Waals surface area contributed by atoms with Crippen molar-refractivity contribution in [2.24, 2.45) is 0 Å². The summed E-state index contributed by atoms with van der Waals surface area (Å²) in [7, 11) is 0. The summed E-state index contributed by atoms with van der Waals surface area (Å²) >= 11 is 1.46. The molecule has 0 spiro atoms. The van der Waals surface area contributed by atoms with Crippen LogP contribution in [0.4, 0.5) is 5.69 Å². The number of rotatable bonds is 7. The molecule has 2 rings (SSSR count). The van der Waals surface area contributed by atoms with E-state index < -0.39 is 0 Å². The van der Waals surface area contributed by atoms with Crippen molar-refractivity contribution in [3.63, 3.8) is 0 Å². The second kappa shape index (κ2) is 8.45. The van der Waals surface area contributed by atoms with Crippen LogP contribution in [0.3, 0.4) is 0 Å². The van der Waals surface area contributed by atoms with Gasteiger partial charge in [-0.1, -0.05) is 19.1 Å². The number of nitrogens with one attached hydrogen (secondary N) is 3. The van der Waals surface area contributed by atoms with Gasteiger partial charge >= 0.3 is 0 Å². The first kappa shape index (κ1) is 17.2. The molecule has 0 aliphatic rings. The Bertz CT molecular complexity index is 656. The summed E-state index contributed by atoms with van der Waals surface area (Å²) in [6.07, 6.45) is 0. The van der Waals surface area contributed by atoms with Crippen LogP contribution in [-0.4, -0.2) is 30.9 Å². The van der Waals surface area contributed by atoms with E-state index in [0.717, 1.165) is 6.54 Å². The number of likely N-dealkylation sites (N-methyl/N-ethyl adjacent to an activating group) is 1.